The van der Waals surface area contributed by atoms with Crippen molar-refractivity contribution in [2.45, 2.75) is 6.54 Å². The lowest BCUT2D eigenvalue weighted by Gasteiger charge is -2.15. The van der Waals surface area contributed by atoms with Gasteiger partial charge in [0.15, 0.2) is 11.5 Å². The van der Waals surface area contributed by atoms with Crippen LogP contribution < -0.4 is 19.5 Å². The monoisotopic (exact) mass is 318 g/mol. The van der Waals surface area contributed by atoms with Crippen molar-refractivity contribution in [3.8, 4) is 17.2 Å². The fraction of sp³-hybridized carbons (Fsp3) is 0.312. The van der Waals surface area contributed by atoms with Crippen molar-refractivity contribution in [2.75, 3.05) is 21.3 Å². The third-order valence-corrected chi connectivity index (χ3v) is 3.30. The number of dihydropyridines is 1. The van der Waals surface area contributed by atoms with Gasteiger partial charge in [0.2, 0.25) is 11.7 Å². The smallest absolute Gasteiger partial charge is 0.269 e. The van der Waals surface area contributed by atoms with E-state index >= 15 is 0 Å². The number of aliphatic imine (C=N–C) groups is 1. The maximum atomic E-state index is 12.1. The highest BCUT2D eigenvalue weighted by Gasteiger charge is 2.18. The van der Waals surface area contributed by atoms with E-state index in [1.807, 2.05) is 0 Å². The molecule has 7 nitrogen and oxygen atoms in total. The fourth-order valence-electron chi connectivity index (χ4n) is 2.13. The minimum atomic E-state index is -0.547. The average molecular weight is 318 g/mol. The molecule has 1 aromatic carbocycles. The van der Waals surface area contributed by atoms with Crippen LogP contribution in [-0.2, 0) is 16.1 Å². The van der Waals surface area contributed by atoms with Crippen LogP contribution in [0.2, 0.25) is 0 Å². The molecule has 7 heteroatoms. The SMILES string of the molecule is COc1cc(CNC(=O)C2C=CC(=O)N=C2)cc(OC)c1OC. The molecule has 0 aliphatic carbocycles. The number of methoxy groups -OCH3 is 3. The van der Waals surface area contributed by atoms with Gasteiger partial charge in [0.1, 0.15) is 0 Å². The van der Waals surface area contributed by atoms with E-state index in [2.05, 4.69) is 10.3 Å². The van der Waals surface area contributed by atoms with E-state index in [0.717, 1.165) is 5.56 Å². The first-order valence-electron chi connectivity index (χ1n) is 6.92. The Hall–Kier alpha value is -2.83. The highest BCUT2D eigenvalue weighted by atomic mass is 16.5. The minimum absolute atomic E-state index is 0.244. The van der Waals surface area contributed by atoms with Crippen molar-refractivity contribution in [3.05, 3.63) is 29.8 Å². The van der Waals surface area contributed by atoms with Crippen molar-refractivity contribution < 1.29 is 23.8 Å². The normalized spacial score (nSPS) is 16.1. The third-order valence-electron chi connectivity index (χ3n) is 3.30. The molecule has 23 heavy (non-hydrogen) atoms. The van der Waals surface area contributed by atoms with Gasteiger partial charge < -0.3 is 19.5 Å². The van der Waals surface area contributed by atoms with Crippen molar-refractivity contribution in [3.63, 3.8) is 0 Å². The lowest BCUT2D eigenvalue weighted by atomic mass is 10.1. The van der Waals surface area contributed by atoms with Gasteiger partial charge in [-0.25, -0.2) is 4.99 Å². The van der Waals surface area contributed by atoms with Crippen molar-refractivity contribution in [1.82, 2.24) is 5.32 Å². The van der Waals surface area contributed by atoms with E-state index in [-0.39, 0.29) is 18.4 Å². The van der Waals surface area contributed by atoms with Crippen molar-refractivity contribution in [1.29, 1.82) is 0 Å². The summed E-state index contributed by atoms with van der Waals surface area (Å²) in [5.41, 5.74) is 0.792. The molecule has 1 unspecified atom stereocenters. The molecule has 0 aromatic heterocycles. The molecular weight excluding hydrogens is 300 g/mol. The summed E-state index contributed by atoms with van der Waals surface area (Å²) in [6.07, 6.45) is 4.12. The Labute approximate surface area is 133 Å². The first-order valence-corrected chi connectivity index (χ1v) is 6.92. The van der Waals surface area contributed by atoms with Crippen molar-refractivity contribution in [2.24, 2.45) is 10.9 Å². The van der Waals surface area contributed by atoms with Crippen LogP contribution in [0, 0.1) is 5.92 Å². The summed E-state index contributed by atoms with van der Waals surface area (Å²) >= 11 is 0. The van der Waals surface area contributed by atoms with Crippen molar-refractivity contribution >= 4 is 18.0 Å². The van der Waals surface area contributed by atoms with E-state index in [9.17, 15) is 9.59 Å². The maximum Gasteiger partial charge on any atom is 0.269 e. The predicted molar refractivity (Wildman–Crippen MR) is 84.1 cm³/mol. The number of rotatable bonds is 6. The highest BCUT2D eigenvalue weighted by Crippen LogP contribution is 2.38. The summed E-state index contributed by atoms with van der Waals surface area (Å²) in [6, 6.07) is 3.52. The van der Waals surface area contributed by atoms with Gasteiger partial charge in [0, 0.05) is 18.8 Å². The predicted octanol–water partition coefficient (Wildman–Crippen LogP) is 1.11. The second kappa shape index (κ2) is 7.44. The van der Waals surface area contributed by atoms with Crippen LogP contribution in [-0.4, -0.2) is 39.4 Å². The van der Waals surface area contributed by atoms with Crippen LogP contribution in [0.4, 0.5) is 0 Å². The Morgan fingerprint density at radius 1 is 1.17 bits per heavy atom. The zero-order chi connectivity index (χ0) is 16.8. The first-order chi connectivity index (χ1) is 11.1. The summed E-state index contributed by atoms with van der Waals surface area (Å²) in [6.45, 7) is 0.279. The average Bonchev–Trinajstić information content (AvgIpc) is 2.59. The largest absolute Gasteiger partial charge is 0.493 e. The third kappa shape index (κ3) is 3.88. The van der Waals surface area contributed by atoms with E-state index in [4.69, 9.17) is 14.2 Å². The fourth-order valence-corrected chi connectivity index (χ4v) is 2.13. The molecule has 0 bridgehead atoms. The topological polar surface area (TPSA) is 86.2 Å². The number of carbonyl (C=O) groups is 2. The quantitative estimate of drug-likeness (QED) is 0.849. The molecule has 0 saturated carbocycles. The standard InChI is InChI=1S/C16H18N2O5/c1-21-12-6-10(7-13(22-2)15(12)23-3)8-18-16(20)11-4-5-14(19)17-9-11/h4-7,9,11H,8H2,1-3H3,(H,18,20). The molecule has 0 radical (unpaired) electrons. The van der Waals surface area contributed by atoms with Gasteiger partial charge in [0.05, 0.1) is 27.2 Å². The van der Waals surface area contributed by atoms with Crippen LogP contribution in [0.15, 0.2) is 29.3 Å². The molecule has 1 atom stereocenters. The molecule has 1 heterocycles. The van der Waals surface area contributed by atoms with Crippen LogP contribution in [0.5, 0.6) is 17.2 Å². The molecule has 1 aromatic rings. The summed E-state index contributed by atoms with van der Waals surface area (Å²) in [5.74, 6) is 0.368. The van der Waals surface area contributed by atoms with Crippen LogP contribution in [0.1, 0.15) is 5.56 Å². The van der Waals surface area contributed by atoms with E-state index in [0.29, 0.717) is 17.2 Å². The number of amides is 2. The molecular formula is C16H18N2O5. The van der Waals surface area contributed by atoms with E-state index < -0.39 is 5.92 Å². The van der Waals surface area contributed by atoms with Gasteiger partial charge in [-0.3, -0.25) is 9.59 Å². The highest BCUT2D eigenvalue weighted by molar-refractivity contribution is 6.05. The number of carbonyl (C=O) groups excluding carboxylic acids is 2. The number of nitrogens with one attached hydrogen (secondary N) is 1. The summed E-state index contributed by atoms with van der Waals surface area (Å²) in [5, 5.41) is 2.78. The molecule has 0 saturated heterocycles. The van der Waals surface area contributed by atoms with Gasteiger partial charge in [-0.05, 0) is 17.7 Å². The lowest BCUT2D eigenvalue weighted by Crippen LogP contribution is -2.31. The molecule has 0 spiro atoms. The molecule has 2 amide bonds. The Morgan fingerprint density at radius 2 is 1.83 bits per heavy atom. The molecule has 122 valence electrons. The maximum absolute atomic E-state index is 12.1. The molecule has 1 N–H and O–H groups in total. The summed E-state index contributed by atoms with van der Waals surface area (Å²) < 4.78 is 15.8. The number of nitrogens with zero attached hydrogens (tertiary/aromatic N) is 1. The van der Waals surface area contributed by atoms with Gasteiger partial charge >= 0.3 is 0 Å². The van der Waals surface area contributed by atoms with Gasteiger partial charge in [-0.2, -0.15) is 0 Å². The number of ether oxygens (including phenoxy) is 3. The lowest BCUT2D eigenvalue weighted by molar-refractivity contribution is -0.122. The second-order valence-electron chi connectivity index (χ2n) is 4.75. The van der Waals surface area contributed by atoms with E-state index in [1.165, 1.54) is 39.7 Å². The zero-order valence-electron chi connectivity index (χ0n) is 13.2. The van der Waals surface area contributed by atoms with Crippen LogP contribution in [0.25, 0.3) is 0 Å². The second-order valence-corrected chi connectivity index (χ2v) is 4.75. The molecule has 1 aliphatic heterocycles. The van der Waals surface area contributed by atoms with Crippen LogP contribution in [0.3, 0.4) is 0 Å². The Kier molecular flexibility index (Phi) is 5.35. The Morgan fingerprint density at radius 3 is 2.30 bits per heavy atom. The van der Waals surface area contributed by atoms with E-state index in [1.54, 1.807) is 12.1 Å². The number of hydrogen-bond acceptors (Lipinski definition) is 5. The Balaban J connectivity index is 2.08. The summed E-state index contributed by atoms with van der Waals surface area (Å²) in [7, 11) is 4.58. The molecule has 2 rings (SSSR count). The van der Waals surface area contributed by atoms with Gasteiger partial charge in [0.25, 0.3) is 5.91 Å². The molecule has 0 fully saturated rings. The first kappa shape index (κ1) is 16.5. The van der Waals surface area contributed by atoms with Gasteiger partial charge in [-0.15, -0.1) is 0 Å². The Bertz CT molecular complexity index is 625. The minimum Gasteiger partial charge on any atom is -0.493 e. The summed E-state index contributed by atoms with van der Waals surface area (Å²) in [4.78, 5) is 26.6. The van der Waals surface area contributed by atoms with Crippen LogP contribution >= 0.6 is 0 Å². The zero-order valence-corrected chi connectivity index (χ0v) is 13.2. The number of hydrogen-bond donors (Lipinski definition) is 1. The number of benzene rings is 1. The molecule has 1 aliphatic rings. The van der Waals surface area contributed by atoms with Gasteiger partial charge in [-0.1, -0.05) is 6.08 Å².